The van der Waals surface area contributed by atoms with E-state index in [2.05, 4.69) is 15.9 Å². The molecule has 164 valence electrons. The fourth-order valence-electron chi connectivity index (χ4n) is 3.13. The number of carbonyl (C=O) groups excluding carboxylic acids is 2. The highest BCUT2D eigenvalue weighted by Gasteiger charge is 2.39. The summed E-state index contributed by atoms with van der Waals surface area (Å²) in [7, 11) is 0. The van der Waals surface area contributed by atoms with E-state index in [0.29, 0.717) is 4.90 Å². The lowest BCUT2D eigenvalue weighted by atomic mass is 10.1. The molecule has 0 unspecified atom stereocenters. The molecule has 32 heavy (non-hydrogen) atoms. The van der Waals surface area contributed by atoms with Crippen LogP contribution in [0.2, 0.25) is 0 Å². The Balaban J connectivity index is 1.84. The Morgan fingerprint density at radius 1 is 0.781 bits per heavy atom. The van der Waals surface area contributed by atoms with Crippen molar-refractivity contribution < 1.29 is 40.7 Å². The molecule has 0 saturated carbocycles. The van der Waals surface area contributed by atoms with Crippen molar-refractivity contribution in [2.24, 2.45) is 0 Å². The van der Waals surface area contributed by atoms with E-state index in [0.717, 1.165) is 12.1 Å². The van der Waals surface area contributed by atoms with Crippen LogP contribution in [-0.2, 0) is 6.18 Å². The van der Waals surface area contributed by atoms with Gasteiger partial charge in [0.15, 0.2) is 23.1 Å². The summed E-state index contributed by atoms with van der Waals surface area (Å²) in [4.78, 5) is 26.1. The number of hydrogen-bond acceptors (Lipinski definition) is 3. The molecule has 1 aliphatic rings. The third-order valence-corrected chi connectivity index (χ3v) is 5.33. The van der Waals surface area contributed by atoms with E-state index in [4.69, 9.17) is 4.74 Å². The monoisotopic (exact) mass is 515 g/mol. The highest BCUT2D eigenvalue weighted by molar-refractivity contribution is 9.10. The van der Waals surface area contributed by atoms with Crippen LogP contribution in [0.25, 0.3) is 0 Å². The van der Waals surface area contributed by atoms with Crippen LogP contribution in [0, 0.1) is 17.5 Å². The third-order valence-electron chi connectivity index (χ3n) is 4.59. The van der Waals surface area contributed by atoms with E-state index in [9.17, 15) is 35.9 Å². The molecule has 0 atom stereocenters. The second-order valence-electron chi connectivity index (χ2n) is 6.57. The van der Waals surface area contributed by atoms with Gasteiger partial charge in [-0.2, -0.15) is 13.2 Å². The zero-order valence-corrected chi connectivity index (χ0v) is 17.0. The number of hydrogen-bond donors (Lipinski definition) is 0. The number of anilines is 1. The van der Waals surface area contributed by atoms with Crippen molar-refractivity contribution in [3.8, 4) is 11.5 Å². The van der Waals surface area contributed by atoms with Crippen molar-refractivity contribution in [3.05, 3.63) is 87.1 Å². The minimum atomic E-state index is -5.02. The maximum absolute atomic E-state index is 14.3. The molecule has 4 nitrogen and oxygen atoms in total. The van der Waals surface area contributed by atoms with Gasteiger partial charge in [-0.05, 0) is 52.3 Å². The first-order valence-corrected chi connectivity index (χ1v) is 9.50. The van der Waals surface area contributed by atoms with Crippen LogP contribution in [0.5, 0.6) is 11.5 Å². The van der Waals surface area contributed by atoms with Gasteiger partial charge in [0.05, 0.1) is 26.9 Å². The highest BCUT2D eigenvalue weighted by Crippen LogP contribution is 2.44. The van der Waals surface area contributed by atoms with Crippen LogP contribution in [0.1, 0.15) is 26.3 Å². The fraction of sp³-hybridized carbons (Fsp3) is 0.0476. The molecule has 0 fully saturated rings. The topological polar surface area (TPSA) is 46.6 Å². The first kappa shape index (κ1) is 21.9. The van der Waals surface area contributed by atoms with Crippen LogP contribution < -0.4 is 9.64 Å². The first-order chi connectivity index (χ1) is 15.0. The number of alkyl halides is 3. The summed E-state index contributed by atoms with van der Waals surface area (Å²) in [5.41, 5.74) is -1.89. The first-order valence-electron chi connectivity index (χ1n) is 8.70. The second-order valence-corrected chi connectivity index (χ2v) is 7.36. The maximum Gasteiger partial charge on any atom is 0.416 e. The second kappa shape index (κ2) is 7.66. The minimum Gasteiger partial charge on any atom is -0.448 e. The van der Waals surface area contributed by atoms with E-state index in [-0.39, 0.29) is 28.9 Å². The van der Waals surface area contributed by atoms with Crippen LogP contribution in [0.4, 0.5) is 32.0 Å². The molecule has 3 aromatic rings. The minimum absolute atomic E-state index is 0.00724. The molecular weight excluding hydrogens is 508 g/mol. The fourth-order valence-corrected chi connectivity index (χ4v) is 3.54. The number of halogens is 7. The smallest absolute Gasteiger partial charge is 0.416 e. The molecule has 11 heteroatoms. The van der Waals surface area contributed by atoms with Crippen molar-refractivity contribution in [2.45, 2.75) is 6.18 Å². The Hall–Kier alpha value is -3.34. The van der Waals surface area contributed by atoms with E-state index >= 15 is 0 Å². The predicted molar refractivity (Wildman–Crippen MR) is 103 cm³/mol. The van der Waals surface area contributed by atoms with Gasteiger partial charge in [-0.25, -0.2) is 18.1 Å². The summed E-state index contributed by atoms with van der Waals surface area (Å²) in [5.74, 6) is -7.99. The molecule has 0 radical (unpaired) electrons. The average molecular weight is 516 g/mol. The molecule has 0 aliphatic carbocycles. The molecule has 2 amide bonds. The molecule has 0 aromatic heterocycles. The molecule has 0 saturated heterocycles. The number of imide groups is 1. The Morgan fingerprint density at radius 2 is 1.31 bits per heavy atom. The van der Waals surface area contributed by atoms with Crippen LogP contribution in [0.3, 0.4) is 0 Å². The quantitative estimate of drug-likeness (QED) is 0.296. The Labute approximate surface area is 184 Å². The zero-order chi connectivity index (χ0) is 23.4. The number of benzene rings is 3. The Bertz CT molecular complexity index is 1230. The SMILES string of the molecule is O=C1c2ccccc2C(=O)N1c1ccc(F)c(Br)c1Oc1c(F)cc(C(F)(F)F)cc1F. The van der Waals surface area contributed by atoms with E-state index in [1.807, 2.05) is 0 Å². The number of nitrogens with zero attached hydrogens (tertiary/aromatic N) is 1. The average Bonchev–Trinajstić information content (AvgIpc) is 2.98. The summed E-state index contributed by atoms with van der Waals surface area (Å²) >= 11 is 2.83. The molecular formula is C21H8BrF6NO3. The summed E-state index contributed by atoms with van der Waals surface area (Å²) in [6.45, 7) is 0. The highest BCUT2D eigenvalue weighted by atomic mass is 79.9. The van der Waals surface area contributed by atoms with Crippen molar-refractivity contribution >= 4 is 33.4 Å². The molecule has 0 N–H and O–H groups in total. The maximum atomic E-state index is 14.3. The van der Waals surface area contributed by atoms with Crippen molar-refractivity contribution in [1.29, 1.82) is 0 Å². The van der Waals surface area contributed by atoms with Crippen LogP contribution in [0.15, 0.2) is 53.0 Å². The van der Waals surface area contributed by atoms with Gasteiger partial charge >= 0.3 is 6.18 Å². The van der Waals surface area contributed by atoms with Gasteiger partial charge in [-0.3, -0.25) is 9.59 Å². The zero-order valence-electron chi connectivity index (χ0n) is 15.4. The number of ether oxygens (including phenoxy) is 1. The predicted octanol–water partition coefficient (Wildman–Crippen LogP) is 6.48. The van der Waals surface area contributed by atoms with Gasteiger partial charge < -0.3 is 4.74 Å². The molecule has 0 bridgehead atoms. The van der Waals surface area contributed by atoms with Gasteiger partial charge in [-0.15, -0.1) is 0 Å². The Kier molecular flexibility index (Phi) is 5.24. The van der Waals surface area contributed by atoms with Gasteiger partial charge in [0, 0.05) is 0 Å². The van der Waals surface area contributed by atoms with E-state index in [1.54, 1.807) is 0 Å². The van der Waals surface area contributed by atoms with E-state index < -0.39 is 57.0 Å². The van der Waals surface area contributed by atoms with Gasteiger partial charge in [0.25, 0.3) is 11.8 Å². The normalized spacial score (nSPS) is 13.5. The number of rotatable bonds is 3. The summed E-state index contributed by atoms with van der Waals surface area (Å²) in [6.07, 6.45) is -5.02. The molecule has 1 aliphatic heterocycles. The molecule has 0 spiro atoms. The Morgan fingerprint density at radius 3 is 1.81 bits per heavy atom. The van der Waals surface area contributed by atoms with E-state index in [1.165, 1.54) is 24.3 Å². The third kappa shape index (κ3) is 3.52. The largest absolute Gasteiger partial charge is 0.448 e. The van der Waals surface area contributed by atoms with Gasteiger partial charge in [0.1, 0.15) is 5.82 Å². The lowest BCUT2D eigenvalue weighted by Gasteiger charge is -2.20. The van der Waals surface area contributed by atoms with Crippen molar-refractivity contribution in [2.75, 3.05) is 4.90 Å². The number of carbonyl (C=O) groups is 2. The standard InChI is InChI=1S/C21H8BrF6NO3/c22-16-12(23)5-6-15(29-19(30)10-3-1-2-4-11(10)20(29)31)18(16)32-17-13(24)7-9(8-14(17)25)21(26,27)28/h1-8H. The summed E-state index contributed by atoms with van der Waals surface area (Å²) < 4.78 is 85.8. The number of amides is 2. The molecule has 4 rings (SSSR count). The summed E-state index contributed by atoms with van der Waals surface area (Å²) in [5, 5.41) is 0. The van der Waals surface area contributed by atoms with Crippen molar-refractivity contribution in [3.63, 3.8) is 0 Å². The van der Waals surface area contributed by atoms with Crippen LogP contribution >= 0.6 is 15.9 Å². The molecule has 3 aromatic carbocycles. The lowest BCUT2D eigenvalue weighted by molar-refractivity contribution is -0.138. The number of fused-ring (bicyclic) bond motifs is 1. The van der Waals surface area contributed by atoms with Crippen LogP contribution in [-0.4, -0.2) is 11.8 Å². The van der Waals surface area contributed by atoms with Gasteiger partial charge in [-0.1, -0.05) is 12.1 Å². The van der Waals surface area contributed by atoms with Crippen molar-refractivity contribution in [1.82, 2.24) is 0 Å². The lowest BCUT2D eigenvalue weighted by Crippen LogP contribution is -2.29. The van der Waals surface area contributed by atoms with Gasteiger partial charge in [0.2, 0.25) is 0 Å². The summed E-state index contributed by atoms with van der Waals surface area (Å²) in [6, 6.07) is 7.64. The molecule has 1 heterocycles.